The molecule has 2 bridgehead atoms. The van der Waals surface area contributed by atoms with Crippen molar-refractivity contribution in [3.8, 4) is 11.8 Å². The standard InChI is InChI=1S/C58H67N3O5/c1-30-13-14-36-26-41-31(2)23-37-17-18-42-38-25-39-29-61(42)51(37)48(41)40-19-20-56-53-52(62)46-35(27-43(39)60(28-38)44(46)24-32-8-4-3-5-9-32)11-6-10-34-16-15-33(12-7-21-59)47-50(34)58(56,66-54(47)63)45(22-30)57(56,49(36)40)55(64)65-53/h13-18,30-32,35-36,38-39,41-46,48,62H,3-5,7-10,12,19-29,59H2,1-2H3. The number of allylic oxidation sites excluding steroid dienone is 5. The molecule has 6 aliphatic heterocycles. The minimum atomic E-state index is -1.20. The summed E-state index contributed by atoms with van der Waals surface area (Å²) in [5.74, 6) is 10.2. The zero-order valence-electron chi connectivity index (χ0n) is 39.0. The van der Waals surface area contributed by atoms with E-state index in [0.29, 0.717) is 85.2 Å². The van der Waals surface area contributed by atoms with E-state index in [2.05, 4.69) is 71.9 Å². The first-order valence-corrected chi connectivity index (χ1v) is 26.8. The number of nitrogens with zero attached hydrogens (tertiary/aromatic N) is 2. The van der Waals surface area contributed by atoms with Crippen LogP contribution >= 0.6 is 0 Å². The molecule has 14 rings (SSSR count). The van der Waals surface area contributed by atoms with Gasteiger partial charge in [0.1, 0.15) is 11.2 Å². The largest absolute Gasteiger partial charge is 0.508 e. The maximum Gasteiger partial charge on any atom is 0.339 e. The van der Waals surface area contributed by atoms with Crippen LogP contribution in [0.25, 0.3) is 0 Å². The van der Waals surface area contributed by atoms with Crippen molar-refractivity contribution >= 4 is 11.9 Å². The van der Waals surface area contributed by atoms with Gasteiger partial charge in [-0.15, -0.1) is 0 Å². The van der Waals surface area contributed by atoms with E-state index in [4.69, 9.17) is 15.2 Å². The molecule has 4 saturated heterocycles. The smallest absolute Gasteiger partial charge is 0.339 e. The molecule has 0 amide bonds. The molecule has 7 aliphatic carbocycles. The molecule has 344 valence electrons. The van der Waals surface area contributed by atoms with Crippen molar-refractivity contribution in [1.29, 1.82) is 0 Å². The molecule has 16 unspecified atom stereocenters. The summed E-state index contributed by atoms with van der Waals surface area (Å²) in [6.45, 7) is 7.43. The number of carbonyl (C=O) groups is 2. The van der Waals surface area contributed by atoms with E-state index in [-0.39, 0.29) is 59.2 Å². The number of piperidine rings is 3. The lowest BCUT2D eigenvalue weighted by Crippen LogP contribution is -2.78. The molecule has 66 heavy (non-hydrogen) atoms. The average molecular weight is 886 g/mol. The van der Waals surface area contributed by atoms with Gasteiger partial charge in [0.25, 0.3) is 0 Å². The van der Waals surface area contributed by atoms with Crippen LogP contribution in [0.3, 0.4) is 0 Å². The van der Waals surface area contributed by atoms with Gasteiger partial charge in [0.05, 0.1) is 17.0 Å². The normalized spacial score (nSPS) is 46.0. The van der Waals surface area contributed by atoms with Crippen LogP contribution in [0.15, 0.2) is 70.4 Å². The summed E-state index contributed by atoms with van der Waals surface area (Å²) in [7, 11) is 0. The fourth-order valence-corrected chi connectivity index (χ4v) is 19.7. The van der Waals surface area contributed by atoms with Gasteiger partial charge in [-0.2, -0.15) is 0 Å². The number of carbonyl (C=O) groups excluding carboxylic acids is 2. The van der Waals surface area contributed by atoms with Gasteiger partial charge in [-0.05, 0) is 134 Å². The minimum absolute atomic E-state index is 0.0643. The lowest BCUT2D eigenvalue weighted by molar-refractivity contribution is -0.281. The minimum Gasteiger partial charge on any atom is -0.508 e. The monoisotopic (exact) mass is 886 g/mol. The van der Waals surface area contributed by atoms with Crippen molar-refractivity contribution in [3.05, 3.63) is 92.6 Å². The first kappa shape index (κ1) is 39.9. The molecule has 3 N–H and O–H groups in total. The summed E-state index contributed by atoms with van der Waals surface area (Å²) in [4.78, 5) is 37.5. The summed E-state index contributed by atoms with van der Waals surface area (Å²) in [6, 6.07) is 5.17. The summed E-state index contributed by atoms with van der Waals surface area (Å²) in [5, 5.41) is 14.1. The predicted octanol–water partition coefficient (Wildman–Crippen LogP) is 9.21. The number of aryl methyl sites for hydroxylation is 1. The molecule has 0 radical (unpaired) electrons. The van der Waals surface area contributed by atoms with Crippen molar-refractivity contribution in [2.75, 3.05) is 19.6 Å². The van der Waals surface area contributed by atoms with E-state index < -0.39 is 16.4 Å². The third-order valence-corrected chi connectivity index (χ3v) is 21.8. The average Bonchev–Trinajstić information content (AvgIpc) is 3.78. The molecule has 8 heteroatoms. The van der Waals surface area contributed by atoms with Crippen LogP contribution in [-0.4, -0.2) is 64.6 Å². The highest BCUT2D eigenvalue weighted by atomic mass is 16.6. The van der Waals surface area contributed by atoms with E-state index in [1.165, 1.54) is 55.2 Å². The maximum atomic E-state index is 16.3. The molecule has 1 aromatic carbocycles. The Balaban J connectivity index is 1.08. The highest BCUT2D eigenvalue weighted by Gasteiger charge is 2.94. The lowest BCUT2D eigenvalue weighted by Gasteiger charge is -2.73. The van der Waals surface area contributed by atoms with E-state index in [1.807, 2.05) is 0 Å². The summed E-state index contributed by atoms with van der Waals surface area (Å²) >= 11 is 0. The molecule has 1 aromatic rings. The van der Waals surface area contributed by atoms with Gasteiger partial charge in [0.15, 0.2) is 11.4 Å². The zero-order chi connectivity index (χ0) is 44.2. The Labute approximate surface area is 390 Å². The van der Waals surface area contributed by atoms with E-state index >= 15 is 9.59 Å². The Morgan fingerprint density at radius 3 is 2.74 bits per heavy atom. The van der Waals surface area contributed by atoms with Crippen LogP contribution in [-0.2, 0) is 32.7 Å². The molecular weight excluding hydrogens is 819 g/mol. The Hall–Kier alpha value is -4.06. The van der Waals surface area contributed by atoms with Gasteiger partial charge >= 0.3 is 11.9 Å². The van der Waals surface area contributed by atoms with Crippen molar-refractivity contribution in [1.82, 2.24) is 9.80 Å². The molecule has 0 aromatic heterocycles. The van der Waals surface area contributed by atoms with Gasteiger partial charge in [0.2, 0.25) is 0 Å². The second-order valence-electron chi connectivity index (χ2n) is 24.3. The van der Waals surface area contributed by atoms with Gasteiger partial charge in [0, 0.05) is 66.5 Å². The molecule has 8 nitrogen and oxygen atoms in total. The summed E-state index contributed by atoms with van der Waals surface area (Å²) in [6.07, 6.45) is 25.7. The first-order chi connectivity index (χ1) is 32.2. The fourth-order valence-electron chi connectivity index (χ4n) is 19.7. The molecule has 6 fully saturated rings. The number of esters is 2. The number of rotatable bonds is 5. The molecular formula is C58H67N3O5. The van der Waals surface area contributed by atoms with Gasteiger partial charge < -0.3 is 25.2 Å². The zero-order valence-corrected chi connectivity index (χ0v) is 39.0. The predicted molar refractivity (Wildman–Crippen MR) is 250 cm³/mol. The van der Waals surface area contributed by atoms with Gasteiger partial charge in [-0.1, -0.05) is 99.8 Å². The van der Waals surface area contributed by atoms with Crippen molar-refractivity contribution < 1.29 is 24.2 Å². The summed E-state index contributed by atoms with van der Waals surface area (Å²) < 4.78 is 14.6. The molecule has 6 heterocycles. The fraction of sp³-hybridized carbons (Fsp3) is 0.655. The number of benzene rings is 1. The Bertz CT molecular complexity index is 2640. The molecule has 3 spiro atoms. The van der Waals surface area contributed by atoms with Crippen LogP contribution in [0.2, 0.25) is 0 Å². The second kappa shape index (κ2) is 13.6. The van der Waals surface area contributed by atoms with Crippen LogP contribution < -0.4 is 5.73 Å². The highest BCUT2D eigenvalue weighted by Crippen LogP contribution is 2.88. The van der Waals surface area contributed by atoms with Gasteiger partial charge in [-0.25, -0.2) is 4.79 Å². The van der Waals surface area contributed by atoms with E-state index in [0.717, 1.165) is 68.3 Å². The number of hydrogen-bond donors (Lipinski definition) is 2. The number of hydrogen-bond acceptors (Lipinski definition) is 8. The van der Waals surface area contributed by atoms with Crippen molar-refractivity contribution in [2.24, 2.45) is 81.7 Å². The Morgan fingerprint density at radius 1 is 1.00 bits per heavy atom. The number of ether oxygens (including phenoxy) is 2. The topological polar surface area (TPSA) is 105 Å². The van der Waals surface area contributed by atoms with Crippen LogP contribution in [0.4, 0.5) is 0 Å². The Kier molecular flexibility index (Phi) is 8.21. The second-order valence-corrected chi connectivity index (χ2v) is 24.3. The third-order valence-electron chi connectivity index (χ3n) is 21.8. The van der Waals surface area contributed by atoms with E-state index in [1.54, 1.807) is 5.70 Å². The quantitative estimate of drug-likeness (QED) is 0.172. The molecule has 16 atom stereocenters. The Morgan fingerprint density at radius 2 is 1.88 bits per heavy atom. The number of nitrogens with two attached hydrogens (primary N) is 1. The summed E-state index contributed by atoms with van der Waals surface area (Å²) in [5.41, 5.74) is 12.3. The number of aliphatic hydroxyl groups excluding tert-OH is 1. The van der Waals surface area contributed by atoms with Gasteiger partial charge in [-0.3, -0.25) is 9.69 Å². The number of aliphatic hydroxyl groups is 1. The lowest BCUT2D eigenvalue weighted by atomic mass is 9.27. The van der Waals surface area contributed by atoms with Crippen molar-refractivity contribution in [2.45, 2.75) is 140 Å². The highest BCUT2D eigenvalue weighted by molar-refractivity contribution is 6.01. The molecule has 2 saturated carbocycles. The van der Waals surface area contributed by atoms with Crippen LogP contribution in [0.5, 0.6) is 0 Å². The maximum absolute atomic E-state index is 16.3. The van der Waals surface area contributed by atoms with Crippen molar-refractivity contribution in [3.63, 3.8) is 0 Å². The van der Waals surface area contributed by atoms with Crippen LogP contribution in [0, 0.1) is 87.8 Å². The number of fused-ring (bicyclic) bond motifs is 11. The SMILES string of the molecule is CC1C=CC2CC3C(C)CC4=C5C3C3=C2C26C(=O)OC7=C(O)C8C(C#CCc9ccc(CCCN)c%10c9C(OC%10=O)(C2C1)C76CC3)CC1C2CC(CN1C8CC1CCCCC1)C(C=C4)N5C2. The molecule has 13 aliphatic rings. The van der Waals surface area contributed by atoms with E-state index in [9.17, 15) is 5.11 Å². The van der Waals surface area contributed by atoms with Crippen LogP contribution in [0.1, 0.15) is 131 Å². The first-order valence-electron chi connectivity index (χ1n) is 26.8. The third kappa shape index (κ3) is 4.55.